The molecule has 2 heterocycles. The van der Waals surface area contributed by atoms with Crippen LogP contribution in [-0.2, 0) is 9.53 Å². The fraction of sp³-hybridized carbons (Fsp3) is 0.435. The minimum atomic E-state index is -0.701. The van der Waals surface area contributed by atoms with E-state index in [1.54, 1.807) is 11.5 Å². The summed E-state index contributed by atoms with van der Waals surface area (Å²) >= 11 is 6.72. The van der Waals surface area contributed by atoms with Crippen molar-refractivity contribution in [2.24, 2.45) is 0 Å². The number of anilines is 1. The maximum Gasteiger partial charge on any atom is 0.313 e. The fourth-order valence-electron chi connectivity index (χ4n) is 4.14. The number of ketones is 1. The van der Waals surface area contributed by atoms with Crippen LogP contribution >= 0.6 is 11.6 Å². The molecule has 1 aromatic carbocycles. The lowest BCUT2D eigenvalue weighted by atomic mass is 10.0. The van der Waals surface area contributed by atoms with Crippen LogP contribution in [0.4, 0.5) is 10.1 Å². The van der Waals surface area contributed by atoms with Gasteiger partial charge in [0.25, 0.3) is 0 Å². The summed E-state index contributed by atoms with van der Waals surface area (Å²) in [6, 6.07) is 1.23. The molecule has 1 saturated carbocycles. The number of pyridine rings is 1. The molecule has 1 aliphatic carbocycles. The topological polar surface area (TPSA) is 80.6 Å². The van der Waals surface area contributed by atoms with E-state index in [-0.39, 0.29) is 34.3 Å². The molecule has 9 heteroatoms. The van der Waals surface area contributed by atoms with Gasteiger partial charge >= 0.3 is 5.97 Å². The van der Waals surface area contributed by atoms with Crippen LogP contribution in [0.2, 0.25) is 5.02 Å². The summed E-state index contributed by atoms with van der Waals surface area (Å²) in [7, 11) is 1.85. The van der Waals surface area contributed by atoms with Gasteiger partial charge in [0.05, 0.1) is 33.8 Å². The van der Waals surface area contributed by atoms with Crippen LogP contribution in [0.15, 0.2) is 28.7 Å². The second-order valence-corrected chi connectivity index (χ2v) is 8.48. The number of nitrogens with zero attached hydrogens (tertiary/aromatic N) is 2. The van der Waals surface area contributed by atoms with Crippen molar-refractivity contribution in [2.45, 2.75) is 32.2 Å². The molecule has 2 aliphatic rings. The molecule has 0 saturated heterocycles. The van der Waals surface area contributed by atoms with Crippen LogP contribution in [-0.4, -0.2) is 49.6 Å². The van der Waals surface area contributed by atoms with Gasteiger partial charge in [-0.15, -0.1) is 0 Å². The summed E-state index contributed by atoms with van der Waals surface area (Å²) in [6.45, 7) is 3.53. The Morgan fingerprint density at radius 1 is 1.34 bits per heavy atom. The minimum absolute atomic E-state index is 0.0421. The first-order valence-electron chi connectivity index (χ1n) is 10.7. The van der Waals surface area contributed by atoms with E-state index in [9.17, 15) is 14.4 Å². The summed E-state index contributed by atoms with van der Waals surface area (Å²) in [5, 5.41) is 3.29. The third-order valence-electron chi connectivity index (χ3n) is 5.75. The van der Waals surface area contributed by atoms with Gasteiger partial charge in [0.15, 0.2) is 11.2 Å². The molecule has 32 heavy (non-hydrogen) atoms. The Labute approximate surface area is 189 Å². The number of esters is 1. The van der Waals surface area contributed by atoms with Gasteiger partial charge in [-0.25, -0.2) is 4.39 Å². The van der Waals surface area contributed by atoms with Crippen LogP contribution in [0.3, 0.4) is 0 Å². The lowest BCUT2D eigenvalue weighted by Gasteiger charge is -2.23. The van der Waals surface area contributed by atoms with E-state index in [2.05, 4.69) is 5.32 Å². The second kappa shape index (κ2) is 9.03. The first-order chi connectivity index (χ1) is 15.3. The molecule has 0 unspecified atom stereocenters. The van der Waals surface area contributed by atoms with Gasteiger partial charge in [0.2, 0.25) is 0 Å². The summed E-state index contributed by atoms with van der Waals surface area (Å²) in [4.78, 5) is 39.4. The maximum atomic E-state index is 15.2. The van der Waals surface area contributed by atoms with Crippen molar-refractivity contribution >= 4 is 39.9 Å². The average molecular weight is 462 g/mol. The predicted octanol–water partition coefficient (Wildman–Crippen LogP) is 3.23. The number of carbonyl (C=O) groups is 2. The lowest BCUT2D eigenvalue weighted by molar-refractivity contribution is -0.141. The Morgan fingerprint density at radius 2 is 2.09 bits per heavy atom. The molecule has 0 amide bonds. The van der Waals surface area contributed by atoms with E-state index in [4.69, 9.17) is 16.3 Å². The van der Waals surface area contributed by atoms with Crippen molar-refractivity contribution in [1.29, 1.82) is 0 Å². The van der Waals surface area contributed by atoms with Crippen LogP contribution in [0.1, 0.15) is 42.6 Å². The SMILES string of the molecule is CCOC(=O)CC(=O)c1cn(C2CC2)c2c(Cl)c(N3CC=C(CNC)C3)c(F)cc2c1=O. The Balaban J connectivity index is 1.81. The molecule has 0 atom stereocenters. The van der Waals surface area contributed by atoms with Gasteiger partial charge in [-0.3, -0.25) is 14.4 Å². The highest BCUT2D eigenvalue weighted by Gasteiger charge is 2.31. The number of benzene rings is 1. The Morgan fingerprint density at radius 3 is 2.75 bits per heavy atom. The highest BCUT2D eigenvalue weighted by Crippen LogP contribution is 2.42. The van der Waals surface area contributed by atoms with E-state index in [1.807, 2.05) is 18.0 Å². The van der Waals surface area contributed by atoms with Crippen LogP contribution in [0.5, 0.6) is 0 Å². The molecule has 4 rings (SSSR count). The number of fused-ring (bicyclic) bond motifs is 1. The van der Waals surface area contributed by atoms with Crippen LogP contribution < -0.4 is 15.6 Å². The van der Waals surface area contributed by atoms with Gasteiger partial charge in [-0.1, -0.05) is 17.7 Å². The van der Waals surface area contributed by atoms with Crippen molar-refractivity contribution in [3.05, 3.63) is 50.5 Å². The zero-order chi connectivity index (χ0) is 23.0. The number of aromatic nitrogens is 1. The van der Waals surface area contributed by atoms with Gasteiger partial charge in [-0.05, 0) is 38.5 Å². The Bertz CT molecular complexity index is 1190. The van der Waals surface area contributed by atoms with E-state index in [0.29, 0.717) is 25.2 Å². The van der Waals surface area contributed by atoms with E-state index >= 15 is 4.39 Å². The zero-order valence-electron chi connectivity index (χ0n) is 18.0. The normalized spacial score (nSPS) is 15.9. The monoisotopic (exact) mass is 461 g/mol. The van der Waals surface area contributed by atoms with Crippen molar-refractivity contribution in [1.82, 2.24) is 9.88 Å². The molecular formula is C23H25ClFN3O4. The highest BCUT2D eigenvalue weighted by atomic mass is 35.5. The first kappa shape index (κ1) is 22.5. The van der Waals surface area contributed by atoms with Crippen LogP contribution in [0.25, 0.3) is 10.9 Å². The average Bonchev–Trinajstić information content (AvgIpc) is 3.48. The second-order valence-electron chi connectivity index (χ2n) is 8.11. The predicted molar refractivity (Wildman–Crippen MR) is 121 cm³/mol. The summed E-state index contributed by atoms with van der Waals surface area (Å²) in [5.41, 5.74) is 1.02. The summed E-state index contributed by atoms with van der Waals surface area (Å²) in [5.74, 6) is -1.96. The van der Waals surface area contributed by atoms with Crippen LogP contribution in [0, 0.1) is 5.82 Å². The number of ether oxygens (including phenoxy) is 1. The van der Waals surface area contributed by atoms with E-state index < -0.39 is 29.4 Å². The fourth-order valence-corrected chi connectivity index (χ4v) is 4.55. The van der Waals surface area contributed by atoms with Crippen molar-refractivity contribution in [2.75, 3.05) is 38.2 Å². The zero-order valence-corrected chi connectivity index (χ0v) is 18.8. The van der Waals surface area contributed by atoms with E-state index in [0.717, 1.165) is 24.5 Å². The quantitative estimate of drug-likeness (QED) is 0.281. The Hall–Kier alpha value is -2.71. The van der Waals surface area contributed by atoms with E-state index in [1.165, 1.54) is 6.20 Å². The largest absolute Gasteiger partial charge is 0.466 e. The molecule has 2 aromatic rings. The molecule has 1 aromatic heterocycles. The van der Waals surface area contributed by atoms with Gasteiger partial charge < -0.3 is 19.5 Å². The minimum Gasteiger partial charge on any atom is -0.466 e. The van der Waals surface area contributed by atoms with Crippen molar-refractivity contribution in [3.63, 3.8) is 0 Å². The molecule has 1 aliphatic heterocycles. The molecule has 0 spiro atoms. The van der Waals surface area contributed by atoms with Crippen molar-refractivity contribution < 1.29 is 18.7 Å². The maximum absolute atomic E-state index is 15.2. The molecule has 170 valence electrons. The smallest absolute Gasteiger partial charge is 0.313 e. The molecule has 0 radical (unpaired) electrons. The Kier molecular flexibility index (Phi) is 6.35. The molecular weight excluding hydrogens is 437 g/mol. The first-order valence-corrected chi connectivity index (χ1v) is 11.1. The molecule has 0 bridgehead atoms. The third kappa shape index (κ3) is 4.17. The number of Topliss-reactive ketones (excluding diaryl/α,β-unsaturated/α-hetero) is 1. The summed E-state index contributed by atoms with van der Waals surface area (Å²) in [6.07, 6.45) is 4.68. The van der Waals surface area contributed by atoms with Gasteiger partial charge in [0.1, 0.15) is 12.2 Å². The molecule has 1 N–H and O–H groups in total. The number of halogens is 2. The number of hydrogen-bond acceptors (Lipinski definition) is 6. The number of nitrogens with one attached hydrogen (secondary N) is 1. The number of likely N-dealkylation sites (N-methyl/N-ethyl adjacent to an activating group) is 1. The third-order valence-corrected chi connectivity index (χ3v) is 6.11. The van der Waals surface area contributed by atoms with Gasteiger partial charge in [0, 0.05) is 31.9 Å². The number of hydrogen-bond donors (Lipinski definition) is 1. The lowest BCUT2D eigenvalue weighted by Crippen LogP contribution is -2.25. The highest BCUT2D eigenvalue weighted by molar-refractivity contribution is 6.38. The number of carbonyl (C=O) groups excluding carboxylic acids is 2. The summed E-state index contributed by atoms with van der Waals surface area (Å²) < 4.78 is 21.9. The number of rotatable bonds is 8. The van der Waals surface area contributed by atoms with Crippen molar-refractivity contribution in [3.8, 4) is 0 Å². The molecule has 7 nitrogen and oxygen atoms in total. The molecule has 1 fully saturated rings. The van der Waals surface area contributed by atoms with Gasteiger partial charge in [-0.2, -0.15) is 0 Å². The standard InChI is InChI=1S/C23H25ClFN3O4/c1-3-32-19(30)9-18(29)16-12-28(14-4-5-14)21-15(23(16)31)8-17(25)22(20(21)24)27-7-6-13(11-27)10-26-2/h6,8,12,14,26H,3-5,7,9-11H2,1-2H3.